The summed E-state index contributed by atoms with van der Waals surface area (Å²) in [6.07, 6.45) is 4.58. The van der Waals surface area contributed by atoms with E-state index in [1.807, 2.05) is 24.3 Å². The molecule has 0 bridgehead atoms. The maximum Gasteiger partial charge on any atom is 0.161 e. The minimum absolute atomic E-state index is 0. The molecule has 24 heavy (non-hydrogen) atoms. The van der Waals surface area contributed by atoms with Crippen LogP contribution in [0.25, 0.3) is 0 Å². The Morgan fingerprint density at radius 2 is 1.75 bits per heavy atom. The van der Waals surface area contributed by atoms with Gasteiger partial charge in [-0.05, 0) is 45.4 Å². The fourth-order valence-electron chi connectivity index (χ4n) is 2.92. The van der Waals surface area contributed by atoms with E-state index in [0.29, 0.717) is 25.4 Å². The molecule has 1 aromatic rings. The molecule has 2 atom stereocenters. The van der Waals surface area contributed by atoms with E-state index in [2.05, 4.69) is 25.3 Å². The highest BCUT2D eigenvalue weighted by molar-refractivity contribution is 5.85. The van der Waals surface area contributed by atoms with Crippen molar-refractivity contribution in [2.75, 3.05) is 32.8 Å². The Labute approximate surface area is 152 Å². The van der Waals surface area contributed by atoms with Crippen LogP contribution in [0.5, 0.6) is 11.5 Å². The quantitative estimate of drug-likeness (QED) is 0.496. The maximum absolute atomic E-state index is 5.86. The summed E-state index contributed by atoms with van der Waals surface area (Å²) in [7, 11) is 0. The lowest BCUT2D eigenvalue weighted by Gasteiger charge is -2.35. The lowest BCUT2D eigenvalue weighted by atomic mass is 10.2. The average molecular weight is 356 g/mol. The van der Waals surface area contributed by atoms with Crippen LogP contribution in [0.15, 0.2) is 36.9 Å². The zero-order valence-corrected chi connectivity index (χ0v) is 15.6. The van der Waals surface area contributed by atoms with Gasteiger partial charge in [-0.2, -0.15) is 0 Å². The Morgan fingerprint density at radius 1 is 1.12 bits per heavy atom. The van der Waals surface area contributed by atoms with Crippen LogP contribution < -0.4 is 9.47 Å². The molecular weight excluding hydrogens is 326 g/mol. The molecule has 0 aromatic heterocycles. The first-order valence-corrected chi connectivity index (χ1v) is 8.52. The highest BCUT2D eigenvalue weighted by Crippen LogP contribution is 2.26. The number of benzene rings is 1. The molecule has 0 aliphatic carbocycles. The second-order valence-corrected chi connectivity index (χ2v) is 6.12. The highest BCUT2D eigenvalue weighted by atomic mass is 35.5. The smallest absolute Gasteiger partial charge is 0.161 e. The normalized spacial score (nSPS) is 20.9. The van der Waals surface area contributed by atoms with Gasteiger partial charge >= 0.3 is 0 Å². The summed E-state index contributed by atoms with van der Waals surface area (Å²) in [5.74, 6) is 1.59. The molecule has 2 rings (SSSR count). The van der Waals surface area contributed by atoms with Crippen molar-refractivity contribution in [3.05, 3.63) is 36.9 Å². The first-order valence-electron chi connectivity index (χ1n) is 8.52. The van der Waals surface area contributed by atoms with E-state index in [4.69, 9.17) is 14.2 Å². The van der Waals surface area contributed by atoms with Crippen LogP contribution in [0, 0.1) is 0 Å². The van der Waals surface area contributed by atoms with Crippen molar-refractivity contribution in [2.24, 2.45) is 0 Å². The second kappa shape index (κ2) is 11.3. The van der Waals surface area contributed by atoms with Crippen LogP contribution in [0.2, 0.25) is 0 Å². The molecular formula is C19H30ClNO3. The van der Waals surface area contributed by atoms with Crippen LogP contribution in [-0.4, -0.2) is 50.0 Å². The van der Waals surface area contributed by atoms with Gasteiger partial charge in [0.05, 0.1) is 18.8 Å². The first kappa shape index (κ1) is 20.8. The molecule has 1 saturated heterocycles. The highest BCUT2D eigenvalue weighted by Gasteiger charge is 2.21. The van der Waals surface area contributed by atoms with E-state index < -0.39 is 0 Å². The summed E-state index contributed by atoms with van der Waals surface area (Å²) in [4.78, 5) is 2.49. The van der Waals surface area contributed by atoms with Gasteiger partial charge in [0.2, 0.25) is 0 Å². The number of para-hydroxylation sites is 2. The molecule has 1 heterocycles. The summed E-state index contributed by atoms with van der Waals surface area (Å²) in [6, 6.07) is 7.79. The Bertz CT molecular complexity index is 473. The maximum atomic E-state index is 5.86. The number of ether oxygens (including phenoxy) is 3. The van der Waals surface area contributed by atoms with Gasteiger partial charge in [0.15, 0.2) is 11.5 Å². The van der Waals surface area contributed by atoms with Crippen LogP contribution >= 0.6 is 12.4 Å². The van der Waals surface area contributed by atoms with Crippen molar-refractivity contribution < 1.29 is 14.2 Å². The van der Waals surface area contributed by atoms with Crippen molar-refractivity contribution >= 4 is 12.4 Å². The number of morpholine rings is 1. The summed E-state index contributed by atoms with van der Waals surface area (Å²) in [5.41, 5.74) is 0. The third-order valence-electron chi connectivity index (χ3n) is 3.83. The zero-order chi connectivity index (χ0) is 16.5. The van der Waals surface area contributed by atoms with E-state index >= 15 is 0 Å². The molecule has 0 spiro atoms. The summed E-state index contributed by atoms with van der Waals surface area (Å²) in [5, 5.41) is 0. The fourth-order valence-corrected chi connectivity index (χ4v) is 2.92. The van der Waals surface area contributed by atoms with Gasteiger partial charge in [0.25, 0.3) is 0 Å². The minimum Gasteiger partial charge on any atom is -0.490 e. The molecule has 1 fully saturated rings. The van der Waals surface area contributed by atoms with Gasteiger partial charge in [-0.15, -0.1) is 12.4 Å². The number of hydrogen-bond donors (Lipinski definition) is 0. The van der Waals surface area contributed by atoms with Gasteiger partial charge in [-0.1, -0.05) is 24.8 Å². The van der Waals surface area contributed by atoms with E-state index in [1.165, 1.54) is 0 Å². The van der Waals surface area contributed by atoms with Crippen molar-refractivity contribution in [3.8, 4) is 11.5 Å². The van der Waals surface area contributed by atoms with Crippen LogP contribution in [-0.2, 0) is 4.74 Å². The second-order valence-electron chi connectivity index (χ2n) is 6.12. The van der Waals surface area contributed by atoms with Crippen molar-refractivity contribution in [3.63, 3.8) is 0 Å². The molecule has 5 heteroatoms. The van der Waals surface area contributed by atoms with Crippen molar-refractivity contribution in [1.29, 1.82) is 0 Å². The summed E-state index contributed by atoms with van der Waals surface area (Å²) in [6.45, 7) is 12.3. The van der Waals surface area contributed by atoms with Crippen LogP contribution in [0.1, 0.15) is 26.7 Å². The monoisotopic (exact) mass is 355 g/mol. The number of halogens is 1. The third kappa shape index (κ3) is 7.12. The predicted octanol–water partition coefficient (Wildman–Crippen LogP) is 3.94. The van der Waals surface area contributed by atoms with Crippen LogP contribution in [0.4, 0.5) is 0 Å². The minimum atomic E-state index is 0. The van der Waals surface area contributed by atoms with Gasteiger partial charge in [0.1, 0.15) is 6.61 Å². The largest absolute Gasteiger partial charge is 0.490 e. The summed E-state index contributed by atoms with van der Waals surface area (Å²) >= 11 is 0. The predicted molar refractivity (Wildman–Crippen MR) is 101 cm³/mol. The SMILES string of the molecule is C=CCOc1ccccc1OCCCCN1CC(C)OC(C)C1.Cl. The molecule has 0 radical (unpaired) electrons. The van der Waals surface area contributed by atoms with Gasteiger partial charge in [-0.3, -0.25) is 4.90 Å². The molecule has 1 aliphatic rings. The zero-order valence-electron chi connectivity index (χ0n) is 14.8. The topological polar surface area (TPSA) is 30.9 Å². The molecule has 1 aromatic carbocycles. The standard InChI is InChI=1S/C19H29NO3.ClH/c1-4-12-21-18-9-5-6-10-19(18)22-13-8-7-11-20-14-16(2)23-17(3)15-20;/h4-6,9-10,16-17H,1,7-8,11-15H2,2-3H3;1H. The number of unbranched alkanes of at least 4 members (excludes halogenated alkanes) is 1. The Hall–Kier alpha value is -1.23. The molecule has 2 unspecified atom stereocenters. The van der Waals surface area contributed by atoms with Crippen LogP contribution in [0.3, 0.4) is 0 Å². The van der Waals surface area contributed by atoms with E-state index in [1.54, 1.807) is 6.08 Å². The Balaban J connectivity index is 0.00000288. The molecule has 1 aliphatic heterocycles. The average Bonchev–Trinajstić information content (AvgIpc) is 2.52. The fraction of sp³-hybridized carbons (Fsp3) is 0.579. The van der Waals surface area contributed by atoms with E-state index in [-0.39, 0.29) is 12.4 Å². The number of hydrogen-bond acceptors (Lipinski definition) is 4. The van der Waals surface area contributed by atoms with Gasteiger partial charge < -0.3 is 14.2 Å². The van der Waals surface area contributed by atoms with Gasteiger partial charge in [0, 0.05) is 13.1 Å². The van der Waals surface area contributed by atoms with E-state index in [9.17, 15) is 0 Å². The van der Waals surface area contributed by atoms with Crippen molar-refractivity contribution in [2.45, 2.75) is 38.9 Å². The molecule has 136 valence electrons. The number of rotatable bonds is 9. The number of nitrogens with zero attached hydrogens (tertiary/aromatic N) is 1. The summed E-state index contributed by atoms with van der Waals surface area (Å²) < 4.78 is 17.2. The van der Waals surface area contributed by atoms with Gasteiger partial charge in [-0.25, -0.2) is 0 Å². The third-order valence-corrected chi connectivity index (χ3v) is 3.83. The molecule has 0 saturated carbocycles. The lowest BCUT2D eigenvalue weighted by molar-refractivity contribution is -0.0682. The lowest BCUT2D eigenvalue weighted by Crippen LogP contribution is -2.45. The molecule has 0 N–H and O–H groups in total. The molecule has 4 nitrogen and oxygen atoms in total. The first-order chi connectivity index (χ1) is 11.2. The Morgan fingerprint density at radius 3 is 2.38 bits per heavy atom. The van der Waals surface area contributed by atoms with Crippen molar-refractivity contribution in [1.82, 2.24) is 4.90 Å². The molecule has 0 amide bonds. The Kier molecular flexibility index (Phi) is 9.84. The van der Waals surface area contributed by atoms with E-state index in [0.717, 1.165) is 44.0 Å².